The van der Waals surface area contributed by atoms with E-state index >= 15 is 0 Å². The van der Waals surface area contributed by atoms with Crippen LogP contribution in [0.2, 0.25) is 10.0 Å². The smallest absolute Gasteiger partial charge is 0.286 e. The van der Waals surface area contributed by atoms with E-state index in [4.69, 9.17) is 32.4 Å². The first-order valence-electron chi connectivity index (χ1n) is 8.99. The maximum Gasteiger partial charge on any atom is 0.286 e. The third-order valence-electron chi connectivity index (χ3n) is 4.27. The van der Waals surface area contributed by atoms with Gasteiger partial charge in [0.25, 0.3) is 5.91 Å². The fourth-order valence-corrected chi connectivity index (χ4v) is 3.48. The van der Waals surface area contributed by atoms with Crippen molar-refractivity contribution in [3.05, 3.63) is 67.8 Å². The van der Waals surface area contributed by atoms with Crippen LogP contribution in [0, 0.1) is 13.8 Å². The standard InChI is InChI=1S/C20H20BrCl2N3O3/c1-12-19(21)13(2)26(25-12)9-3-8-24-20(27)18-7-5-15(29-18)11-28-17-6-4-14(22)10-16(17)23/h4-7,10H,3,8-9,11H2,1-2H3,(H,24,27). The summed E-state index contributed by atoms with van der Waals surface area (Å²) in [5, 5.41) is 8.25. The molecule has 0 aliphatic carbocycles. The highest BCUT2D eigenvalue weighted by atomic mass is 79.9. The molecule has 1 N–H and O–H groups in total. The van der Waals surface area contributed by atoms with E-state index in [1.807, 2.05) is 18.5 Å². The number of ether oxygens (including phenoxy) is 1. The molecule has 0 fully saturated rings. The Kier molecular flexibility index (Phi) is 7.27. The van der Waals surface area contributed by atoms with Crippen molar-refractivity contribution in [3.8, 4) is 5.75 Å². The van der Waals surface area contributed by atoms with Gasteiger partial charge in [-0.05, 0) is 66.5 Å². The van der Waals surface area contributed by atoms with Gasteiger partial charge in [0, 0.05) is 23.8 Å². The molecule has 0 unspecified atom stereocenters. The number of rotatable bonds is 8. The second kappa shape index (κ2) is 9.69. The molecule has 0 spiro atoms. The number of aromatic nitrogens is 2. The zero-order valence-corrected chi connectivity index (χ0v) is 19.1. The van der Waals surface area contributed by atoms with E-state index in [0.717, 1.165) is 28.8 Å². The lowest BCUT2D eigenvalue weighted by atomic mass is 10.3. The average molecular weight is 501 g/mol. The Morgan fingerprint density at radius 2 is 2.07 bits per heavy atom. The van der Waals surface area contributed by atoms with Crippen LogP contribution >= 0.6 is 39.1 Å². The molecule has 0 radical (unpaired) electrons. The number of hydrogen-bond acceptors (Lipinski definition) is 4. The van der Waals surface area contributed by atoms with Gasteiger partial charge in [-0.15, -0.1) is 0 Å². The van der Waals surface area contributed by atoms with Crippen molar-refractivity contribution in [3.63, 3.8) is 0 Å². The van der Waals surface area contributed by atoms with Gasteiger partial charge < -0.3 is 14.5 Å². The van der Waals surface area contributed by atoms with Gasteiger partial charge in [0.05, 0.1) is 15.2 Å². The first-order valence-corrected chi connectivity index (χ1v) is 10.5. The molecule has 0 aliphatic rings. The SMILES string of the molecule is Cc1nn(CCCNC(=O)c2ccc(COc3ccc(Cl)cc3Cl)o2)c(C)c1Br. The van der Waals surface area contributed by atoms with Crippen molar-refractivity contribution in [2.75, 3.05) is 6.54 Å². The second-order valence-corrected chi connectivity index (χ2v) is 8.08. The maximum atomic E-state index is 12.2. The zero-order chi connectivity index (χ0) is 21.0. The fourth-order valence-electron chi connectivity index (χ4n) is 2.73. The van der Waals surface area contributed by atoms with Crippen LogP contribution in [0.25, 0.3) is 0 Å². The zero-order valence-electron chi connectivity index (χ0n) is 16.0. The predicted molar refractivity (Wildman–Crippen MR) is 116 cm³/mol. The van der Waals surface area contributed by atoms with E-state index in [-0.39, 0.29) is 18.3 Å². The van der Waals surface area contributed by atoms with Gasteiger partial charge in [-0.2, -0.15) is 5.10 Å². The minimum Gasteiger partial charge on any atom is -0.484 e. The number of halogens is 3. The van der Waals surface area contributed by atoms with Gasteiger partial charge >= 0.3 is 0 Å². The lowest BCUT2D eigenvalue weighted by molar-refractivity contribution is 0.0920. The lowest BCUT2D eigenvalue weighted by Gasteiger charge is -2.07. The highest BCUT2D eigenvalue weighted by Crippen LogP contribution is 2.28. The molecule has 1 amide bonds. The first-order chi connectivity index (χ1) is 13.8. The fraction of sp³-hybridized carbons (Fsp3) is 0.300. The van der Waals surface area contributed by atoms with Gasteiger partial charge in [-0.1, -0.05) is 23.2 Å². The third kappa shape index (κ3) is 5.56. The molecule has 2 aromatic heterocycles. The molecule has 0 atom stereocenters. The number of carbonyl (C=O) groups is 1. The normalized spacial score (nSPS) is 10.9. The molecule has 0 aliphatic heterocycles. The summed E-state index contributed by atoms with van der Waals surface area (Å²) in [5.74, 6) is 0.984. The lowest BCUT2D eigenvalue weighted by Crippen LogP contribution is -2.25. The molecule has 3 rings (SSSR count). The van der Waals surface area contributed by atoms with Gasteiger partial charge in [0.2, 0.25) is 0 Å². The molecule has 0 saturated heterocycles. The van der Waals surface area contributed by atoms with Gasteiger partial charge in [0.15, 0.2) is 5.76 Å². The maximum absolute atomic E-state index is 12.2. The highest BCUT2D eigenvalue weighted by molar-refractivity contribution is 9.10. The molecule has 0 saturated carbocycles. The second-order valence-electron chi connectivity index (χ2n) is 6.45. The Labute approximate surface area is 187 Å². The summed E-state index contributed by atoms with van der Waals surface area (Å²) in [6.07, 6.45) is 0.756. The number of hydrogen-bond donors (Lipinski definition) is 1. The predicted octanol–water partition coefficient (Wildman–Crippen LogP) is 5.56. The van der Waals surface area contributed by atoms with Crippen molar-refractivity contribution in [1.82, 2.24) is 15.1 Å². The number of nitrogens with one attached hydrogen (secondary N) is 1. The molecular weight excluding hydrogens is 481 g/mol. The van der Waals surface area contributed by atoms with Crippen LogP contribution < -0.4 is 10.1 Å². The van der Waals surface area contributed by atoms with Crippen molar-refractivity contribution < 1.29 is 13.9 Å². The minimum absolute atomic E-state index is 0.154. The van der Waals surface area contributed by atoms with Crippen molar-refractivity contribution in [2.45, 2.75) is 33.4 Å². The molecule has 9 heteroatoms. The van der Waals surface area contributed by atoms with Crippen LogP contribution in [0.3, 0.4) is 0 Å². The molecular formula is C20H20BrCl2N3O3. The summed E-state index contributed by atoms with van der Waals surface area (Å²) >= 11 is 15.4. The van der Waals surface area contributed by atoms with Crippen molar-refractivity contribution in [2.24, 2.45) is 0 Å². The van der Waals surface area contributed by atoms with Crippen LogP contribution in [0.4, 0.5) is 0 Å². The van der Waals surface area contributed by atoms with E-state index in [1.165, 1.54) is 0 Å². The van der Waals surface area contributed by atoms with Crippen LogP contribution in [0.15, 0.2) is 39.2 Å². The number of amides is 1. The molecule has 29 heavy (non-hydrogen) atoms. The van der Waals surface area contributed by atoms with Gasteiger partial charge in [0.1, 0.15) is 18.1 Å². The van der Waals surface area contributed by atoms with E-state index in [1.54, 1.807) is 30.3 Å². The summed E-state index contributed by atoms with van der Waals surface area (Å²) in [6.45, 7) is 5.35. The summed E-state index contributed by atoms with van der Waals surface area (Å²) in [6, 6.07) is 8.29. The molecule has 2 heterocycles. The summed E-state index contributed by atoms with van der Waals surface area (Å²) < 4.78 is 14.1. The van der Waals surface area contributed by atoms with Crippen LogP contribution in [0.5, 0.6) is 5.75 Å². The number of carbonyl (C=O) groups excluding carboxylic acids is 1. The van der Waals surface area contributed by atoms with E-state index in [0.29, 0.717) is 28.1 Å². The van der Waals surface area contributed by atoms with Gasteiger partial charge in [-0.3, -0.25) is 9.48 Å². The van der Waals surface area contributed by atoms with E-state index < -0.39 is 0 Å². The number of nitrogens with zero attached hydrogens (tertiary/aromatic N) is 2. The van der Waals surface area contributed by atoms with Crippen LogP contribution in [-0.4, -0.2) is 22.2 Å². The summed E-state index contributed by atoms with van der Waals surface area (Å²) in [7, 11) is 0. The van der Waals surface area contributed by atoms with Gasteiger partial charge in [-0.25, -0.2) is 0 Å². The molecule has 0 bridgehead atoms. The Morgan fingerprint density at radius 1 is 1.28 bits per heavy atom. The van der Waals surface area contributed by atoms with E-state index in [9.17, 15) is 4.79 Å². The quantitative estimate of drug-likeness (QED) is 0.411. The third-order valence-corrected chi connectivity index (χ3v) is 5.95. The van der Waals surface area contributed by atoms with Crippen molar-refractivity contribution in [1.29, 1.82) is 0 Å². The molecule has 1 aromatic carbocycles. The molecule has 3 aromatic rings. The number of furan rings is 1. The minimum atomic E-state index is -0.268. The Balaban J connectivity index is 1.45. The largest absolute Gasteiger partial charge is 0.484 e. The Hall–Kier alpha value is -1.96. The monoisotopic (exact) mass is 499 g/mol. The number of aryl methyl sites for hydroxylation is 2. The Bertz CT molecular complexity index is 1020. The summed E-state index contributed by atoms with van der Waals surface area (Å²) in [5.41, 5.74) is 2.03. The molecule has 154 valence electrons. The summed E-state index contributed by atoms with van der Waals surface area (Å²) in [4.78, 5) is 12.2. The molecule has 6 nitrogen and oxygen atoms in total. The Morgan fingerprint density at radius 3 is 2.76 bits per heavy atom. The first kappa shape index (κ1) is 21.7. The van der Waals surface area contributed by atoms with E-state index in [2.05, 4.69) is 26.3 Å². The topological polar surface area (TPSA) is 69.3 Å². The average Bonchev–Trinajstić information content (AvgIpc) is 3.25. The highest BCUT2D eigenvalue weighted by Gasteiger charge is 2.12. The number of benzene rings is 1. The van der Waals surface area contributed by atoms with Crippen molar-refractivity contribution >= 4 is 45.0 Å². The van der Waals surface area contributed by atoms with Crippen LogP contribution in [-0.2, 0) is 13.2 Å². The van der Waals surface area contributed by atoms with Crippen LogP contribution in [0.1, 0.15) is 34.1 Å².